The third-order valence-corrected chi connectivity index (χ3v) is 4.28. The van der Waals surface area contributed by atoms with E-state index in [2.05, 4.69) is 21.2 Å². The maximum absolute atomic E-state index is 11.7. The summed E-state index contributed by atoms with van der Waals surface area (Å²) in [6, 6.07) is 5.72. The largest absolute Gasteiger partial charge is 0.496 e. The average molecular weight is 328 g/mol. The van der Waals surface area contributed by atoms with Crippen LogP contribution in [0.3, 0.4) is 0 Å². The van der Waals surface area contributed by atoms with Crippen LogP contribution in [0.2, 0.25) is 0 Å². The van der Waals surface area contributed by atoms with E-state index in [1.54, 1.807) is 7.11 Å². The Morgan fingerprint density at radius 3 is 2.74 bits per heavy atom. The van der Waals surface area contributed by atoms with Crippen LogP contribution in [0, 0.1) is 5.41 Å². The monoisotopic (exact) mass is 327 g/mol. The molecular formula is C14H18BrNO3. The number of methoxy groups -OCH3 is 1. The zero-order chi connectivity index (χ0) is 13.9. The first kappa shape index (κ1) is 14.3. The summed E-state index contributed by atoms with van der Waals surface area (Å²) in [5, 5.41) is 12.8. The highest BCUT2D eigenvalue weighted by molar-refractivity contribution is 9.10. The maximum Gasteiger partial charge on any atom is 0.310 e. The van der Waals surface area contributed by atoms with Gasteiger partial charge in [0.05, 0.1) is 12.5 Å². The van der Waals surface area contributed by atoms with E-state index in [1.807, 2.05) is 18.2 Å². The lowest BCUT2D eigenvalue weighted by atomic mass is 9.74. The van der Waals surface area contributed by atoms with Crippen molar-refractivity contribution in [3.05, 3.63) is 28.2 Å². The molecule has 5 heteroatoms. The summed E-state index contributed by atoms with van der Waals surface area (Å²) < 4.78 is 6.28. The lowest BCUT2D eigenvalue weighted by Crippen LogP contribution is -2.43. The lowest BCUT2D eigenvalue weighted by Gasteiger charge is -2.34. The number of carbonyl (C=O) groups is 1. The molecule has 1 aromatic carbocycles. The first-order valence-electron chi connectivity index (χ1n) is 6.34. The fourth-order valence-electron chi connectivity index (χ4n) is 2.62. The third-order valence-electron chi connectivity index (χ3n) is 3.79. The van der Waals surface area contributed by atoms with Gasteiger partial charge in [0.25, 0.3) is 0 Å². The number of carboxylic acid groups (broad SMARTS) is 1. The minimum Gasteiger partial charge on any atom is -0.496 e. The normalized spacial score (nSPS) is 18.0. The van der Waals surface area contributed by atoms with Crippen molar-refractivity contribution >= 4 is 21.9 Å². The molecule has 1 fully saturated rings. The van der Waals surface area contributed by atoms with Crippen molar-refractivity contribution in [2.75, 3.05) is 20.2 Å². The number of rotatable bonds is 4. The number of carboxylic acids is 1. The van der Waals surface area contributed by atoms with E-state index in [0.29, 0.717) is 19.3 Å². The molecule has 0 bridgehead atoms. The van der Waals surface area contributed by atoms with E-state index in [0.717, 1.165) is 28.9 Å². The molecule has 0 aliphatic carbocycles. The second kappa shape index (κ2) is 5.92. The van der Waals surface area contributed by atoms with E-state index >= 15 is 0 Å². The molecule has 104 valence electrons. The minimum absolute atomic E-state index is 0.507. The highest BCUT2D eigenvalue weighted by Crippen LogP contribution is 2.36. The molecule has 0 amide bonds. The summed E-state index contributed by atoms with van der Waals surface area (Å²) in [7, 11) is 1.61. The van der Waals surface area contributed by atoms with E-state index in [4.69, 9.17) is 4.74 Å². The average Bonchev–Trinajstić information content (AvgIpc) is 2.40. The first-order valence-corrected chi connectivity index (χ1v) is 7.13. The van der Waals surface area contributed by atoms with E-state index < -0.39 is 11.4 Å². The summed E-state index contributed by atoms with van der Waals surface area (Å²) >= 11 is 3.43. The number of nitrogens with one attached hydrogen (secondary N) is 1. The minimum atomic E-state index is -0.712. The van der Waals surface area contributed by atoms with Crippen LogP contribution in [0.5, 0.6) is 5.75 Å². The Morgan fingerprint density at radius 2 is 2.16 bits per heavy atom. The highest BCUT2D eigenvalue weighted by Gasteiger charge is 2.40. The number of halogens is 1. The number of benzene rings is 1. The summed E-state index contributed by atoms with van der Waals surface area (Å²) in [4.78, 5) is 11.7. The van der Waals surface area contributed by atoms with Crippen molar-refractivity contribution in [3.8, 4) is 5.75 Å². The van der Waals surface area contributed by atoms with E-state index in [9.17, 15) is 9.90 Å². The van der Waals surface area contributed by atoms with Crippen molar-refractivity contribution in [3.63, 3.8) is 0 Å². The van der Waals surface area contributed by atoms with Crippen LogP contribution < -0.4 is 10.1 Å². The summed E-state index contributed by atoms with van der Waals surface area (Å²) in [5.74, 6) is 0.0402. The molecule has 1 saturated heterocycles. The highest BCUT2D eigenvalue weighted by atomic mass is 79.9. The van der Waals surface area contributed by atoms with Crippen molar-refractivity contribution in [1.29, 1.82) is 0 Å². The van der Waals surface area contributed by atoms with Gasteiger partial charge >= 0.3 is 5.97 Å². The number of hydrogen-bond donors (Lipinski definition) is 2. The standard InChI is InChI=1S/C14H18BrNO3/c1-19-12-3-2-11(15)8-10(12)9-14(13(17)18)4-6-16-7-5-14/h2-3,8,16H,4-7,9H2,1H3,(H,17,18). The fraction of sp³-hybridized carbons (Fsp3) is 0.500. The predicted octanol–water partition coefficient (Wildman–Crippen LogP) is 2.45. The Labute approximate surface area is 121 Å². The van der Waals surface area contributed by atoms with Crippen molar-refractivity contribution in [2.45, 2.75) is 19.3 Å². The second-order valence-corrected chi connectivity index (χ2v) is 5.88. The lowest BCUT2D eigenvalue weighted by molar-refractivity contribution is -0.150. The summed E-state index contributed by atoms with van der Waals surface area (Å²) in [6.07, 6.45) is 1.81. The first-order chi connectivity index (χ1) is 9.07. The maximum atomic E-state index is 11.7. The third kappa shape index (κ3) is 3.09. The Hall–Kier alpha value is -1.07. The molecule has 1 aliphatic rings. The summed E-state index contributed by atoms with van der Waals surface area (Å²) in [6.45, 7) is 1.51. The SMILES string of the molecule is COc1ccc(Br)cc1CC1(C(=O)O)CCNCC1. The second-order valence-electron chi connectivity index (χ2n) is 4.97. The quantitative estimate of drug-likeness (QED) is 0.891. The van der Waals surface area contributed by atoms with Crippen molar-refractivity contribution in [2.24, 2.45) is 5.41 Å². The number of ether oxygens (including phenoxy) is 1. The van der Waals surface area contributed by atoms with Gasteiger partial charge in [-0.2, -0.15) is 0 Å². The number of hydrogen-bond acceptors (Lipinski definition) is 3. The molecule has 1 heterocycles. The van der Waals surface area contributed by atoms with Crippen LogP contribution in [0.4, 0.5) is 0 Å². The van der Waals surface area contributed by atoms with Crippen LogP contribution >= 0.6 is 15.9 Å². The van der Waals surface area contributed by atoms with Gasteiger partial charge in [0.15, 0.2) is 0 Å². The van der Waals surface area contributed by atoms with Gasteiger partial charge in [-0.1, -0.05) is 15.9 Å². The van der Waals surface area contributed by atoms with E-state index in [1.165, 1.54) is 0 Å². The van der Waals surface area contributed by atoms with Gasteiger partial charge in [-0.25, -0.2) is 0 Å². The van der Waals surface area contributed by atoms with E-state index in [-0.39, 0.29) is 0 Å². The van der Waals surface area contributed by atoms with Crippen LogP contribution in [-0.4, -0.2) is 31.3 Å². The zero-order valence-electron chi connectivity index (χ0n) is 10.9. The predicted molar refractivity (Wildman–Crippen MR) is 76.6 cm³/mol. The molecule has 0 aromatic heterocycles. The molecule has 1 aliphatic heterocycles. The Morgan fingerprint density at radius 1 is 1.47 bits per heavy atom. The molecule has 2 N–H and O–H groups in total. The topological polar surface area (TPSA) is 58.6 Å². The molecule has 0 atom stereocenters. The van der Waals surface area contributed by atoms with Crippen molar-refractivity contribution < 1.29 is 14.6 Å². The van der Waals surface area contributed by atoms with Gasteiger partial charge in [0.1, 0.15) is 5.75 Å². The fourth-order valence-corrected chi connectivity index (χ4v) is 3.03. The molecular weight excluding hydrogens is 310 g/mol. The van der Waals surface area contributed by atoms with Crippen LogP contribution in [0.1, 0.15) is 18.4 Å². The van der Waals surface area contributed by atoms with Crippen molar-refractivity contribution in [1.82, 2.24) is 5.32 Å². The smallest absolute Gasteiger partial charge is 0.310 e. The van der Waals surface area contributed by atoms with Gasteiger partial charge < -0.3 is 15.2 Å². The van der Waals surface area contributed by atoms with Gasteiger partial charge in [0.2, 0.25) is 0 Å². The van der Waals surface area contributed by atoms with Gasteiger partial charge in [-0.3, -0.25) is 4.79 Å². The zero-order valence-corrected chi connectivity index (χ0v) is 12.5. The van der Waals surface area contributed by atoms with Crippen LogP contribution in [0.25, 0.3) is 0 Å². The van der Waals surface area contributed by atoms with Crippen LogP contribution in [-0.2, 0) is 11.2 Å². The Bertz CT molecular complexity index is 470. The molecule has 0 unspecified atom stereocenters. The molecule has 2 rings (SSSR count). The van der Waals surface area contributed by atoms with Crippen LogP contribution in [0.15, 0.2) is 22.7 Å². The molecule has 0 saturated carbocycles. The molecule has 0 spiro atoms. The molecule has 19 heavy (non-hydrogen) atoms. The number of aliphatic carboxylic acids is 1. The molecule has 1 aromatic rings. The summed E-state index contributed by atoms with van der Waals surface area (Å²) in [5.41, 5.74) is 0.264. The van der Waals surface area contributed by atoms with Gasteiger partial charge in [-0.05, 0) is 56.1 Å². The Kier molecular flexibility index (Phi) is 4.47. The number of piperidine rings is 1. The van der Waals surface area contributed by atoms with Gasteiger partial charge in [-0.15, -0.1) is 0 Å². The molecule has 4 nitrogen and oxygen atoms in total. The Balaban J connectivity index is 2.31. The molecule has 0 radical (unpaired) electrons. The van der Waals surface area contributed by atoms with Gasteiger partial charge in [0, 0.05) is 4.47 Å².